The topological polar surface area (TPSA) is 66.8 Å². The van der Waals surface area contributed by atoms with Gasteiger partial charge in [-0.05, 0) is 31.6 Å². The van der Waals surface area contributed by atoms with E-state index >= 15 is 0 Å². The van der Waals surface area contributed by atoms with Gasteiger partial charge in [0.05, 0.1) is 0 Å². The number of rotatable bonds is 6. The van der Waals surface area contributed by atoms with Gasteiger partial charge in [-0.25, -0.2) is 9.98 Å². The summed E-state index contributed by atoms with van der Waals surface area (Å²) < 4.78 is 41.5. The molecule has 2 heterocycles. The zero-order valence-corrected chi connectivity index (χ0v) is 14.8. The molecule has 1 aromatic heterocycles. The van der Waals surface area contributed by atoms with Gasteiger partial charge in [-0.15, -0.1) is 0 Å². The molecule has 142 valence electrons. The highest BCUT2D eigenvalue weighted by Crippen LogP contribution is 2.22. The van der Waals surface area contributed by atoms with Crippen molar-refractivity contribution in [1.82, 2.24) is 15.2 Å². The van der Waals surface area contributed by atoms with Gasteiger partial charge in [-0.2, -0.15) is 13.2 Å². The van der Waals surface area contributed by atoms with Gasteiger partial charge < -0.3 is 15.0 Å². The van der Waals surface area contributed by atoms with Gasteiger partial charge in [0.25, 0.3) is 0 Å². The third kappa shape index (κ3) is 5.47. The standard InChI is InChI=1S/C17H21F3N4O2/c1-4-14(25)23-16-21-6-5-12(3)24(16)9-13-7-11(2)15(22-8-13)26-10-17(18,19)20/h5-8,16H,4,9-10H2,1-3H3,(H,23,25). The number of amides is 1. The highest BCUT2D eigenvalue weighted by atomic mass is 19.4. The quantitative estimate of drug-likeness (QED) is 0.836. The summed E-state index contributed by atoms with van der Waals surface area (Å²) in [5.74, 6) is -0.178. The number of ether oxygens (including phenoxy) is 1. The molecule has 1 amide bonds. The molecule has 26 heavy (non-hydrogen) atoms. The van der Waals surface area contributed by atoms with Crippen molar-refractivity contribution in [2.24, 2.45) is 4.99 Å². The number of nitrogens with one attached hydrogen (secondary N) is 1. The molecule has 0 aliphatic carbocycles. The second-order valence-electron chi connectivity index (χ2n) is 5.90. The molecule has 1 aliphatic rings. The molecule has 2 rings (SSSR count). The summed E-state index contributed by atoms with van der Waals surface area (Å²) >= 11 is 0. The molecule has 1 N–H and O–H groups in total. The summed E-state index contributed by atoms with van der Waals surface area (Å²) in [7, 11) is 0. The minimum Gasteiger partial charge on any atom is -0.468 e. The van der Waals surface area contributed by atoms with E-state index in [1.807, 2.05) is 17.9 Å². The van der Waals surface area contributed by atoms with Crippen molar-refractivity contribution in [2.45, 2.75) is 46.2 Å². The lowest BCUT2D eigenvalue weighted by Gasteiger charge is -2.33. The van der Waals surface area contributed by atoms with Gasteiger partial charge in [0.15, 0.2) is 12.9 Å². The van der Waals surface area contributed by atoms with Crippen molar-refractivity contribution in [3.8, 4) is 5.88 Å². The number of allylic oxidation sites excluding steroid dienone is 2. The lowest BCUT2D eigenvalue weighted by atomic mass is 10.2. The van der Waals surface area contributed by atoms with Crippen LogP contribution in [0.4, 0.5) is 13.2 Å². The van der Waals surface area contributed by atoms with E-state index in [-0.39, 0.29) is 11.8 Å². The minimum absolute atomic E-state index is 0.0501. The van der Waals surface area contributed by atoms with Gasteiger partial charge in [-0.1, -0.05) is 6.92 Å². The molecule has 6 nitrogen and oxygen atoms in total. The van der Waals surface area contributed by atoms with Crippen LogP contribution in [0, 0.1) is 6.92 Å². The second-order valence-corrected chi connectivity index (χ2v) is 5.90. The molecule has 0 bridgehead atoms. The van der Waals surface area contributed by atoms with Crippen LogP contribution in [0.25, 0.3) is 0 Å². The van der Waals surface area contributed by atoms with E-state index in [4.69, 9.17) is 4.74 Å². The van der Waals surface area contributed by atoms with Crippen molar-refractivity contribution in [3.05, 3.63) is 35.2 Å². The number of alkyl halides is 3. The van der Waals surface area contributed by atoms with Crippen molar-refractivity contribution in [2.75, 3.05) is 6.61 Å². The van der Waals surface area contributed by atoms with Gasteiger partial charge in [0, 0.05) is 36.6 Å². The van der Waals surface area contributed by atoms with Crippen LogP contribution in [-0.4, -0.2) is 41.1 Å². The molecule has 1 aliphatic heterocycles. The molecule has 0 spiro atoms. The zero-order chi connectivity index (χ0) is 19.3. The number of halogens is 3. The average molecular weight is 370 g/mol. The molecule has 1 aromatic rings. The zero-order valence-electron chi connectivity index (χ0n) is 14.8. The monoisotopic (exact) mass is 370 g/mol. The van der Waals surface area contributed by atoms with Crippen LogP contribution in [0.1, 0.15) is 31.4 Å². The fourth-order valence-corrected chi connectivity index (χ4v) is 2.38. The Bertz CT molecular complexity index is 716. The number of carbonyl (C=O) groups is 1. The molecule has 1 atom stereocenters. The van der Waals surface area contributed by atoms with Crippen molar-refractivity contribution in [3.63, 3.8) is 0 Å². The van der Waals surface area contributed by atoms with Crippen LogP contribution in [0.15, 0.2) is 29.0 Å². The third-order valence-corrected chi connectivity index (χ3v) is 3.71. The summed E-state index contributed by atoms with van der Waals surface area (Å²) in [5.41, 5.74) is 2.17. The smallest absolute Gasteiger partial charge is 0.422 e. The fraction of sp³-hybridized carbons (Fsp3) is 0.471. The molecular weight excluding hydrogens is 349 g/mol. The Morgan fingerprint density at radius 1 is 1.38 bits per heavy atom. The Morgan fingerprint density at radius 3 is 2.73 bits per heavy atom. The van der Waals surface area contributed by atoms with Crippen LogP contribution in [0.2, 0.25) is 0 Å². The van der Waals surface area contributed by atoms with E-state index in [9.17, 15) is 18.0 Å². The summed E-state index contributed by atoms with van der Waals surface area (Å²) in [4.78, 5) is 21.8. The summed E-state index contributed by atoms with van der Waals surface area (Å²) in [6.45, 7) is 4.28. The Balaban J connectivity index is 2.10. The number of nitrogens with zero attached hydrogens (tertiary/aromatic N) is 3. The number of aromatic nitrogens is 1. The van der Waals surface area contributed by atoms with E-state index in [1.54, 1.807) is 26.1 Å². The molecule has 0 radical (unpaired) electrons. The first-order chi connectivity index (χ1) is 12.2. The molecule has 0 saturated carbocycles. The van der Waals surface area contributed by atoms with E-state index in [1.165, 1.54) is 6.20 Å². The van der Waals surface area contributed by atoms with Crippen LogP contribution in [0.5, 0.6) is 5.88 Å². The average Bonchev–Trinajstić information content (AvgIpc) is 2.56. The number of hydrogen-bond donors (Lipinski definition) is 1. The van der Waals surface area contributed by atoms with Gasteiger partial charge >= 0.3 is 6.18 Å². The minimum atomic E-state index is -4.41. The number of carbonyl (C=O) groups excluding carboxylic acids is 1. The molecule has 0 fully saturated rings. The first-order valence-corrected chi connectivity index (χ1v) is 8.10. The number of hydrogen-bond acceptors (Lipinski definition) is 5. The summed E-state index contributed by atoms with van der Waals surface area (Å²) in [6.07, 6.45) is 0.302. The number of pyridine rings is 1. The summed E-state index contributed by atoms with van der Waals surface area (Å²) in [6, 6.07) is 1.71. The molecule has 0 aromatic carbocycles. The SMILES string of the molecule is CCC(=O)NC1N=CC=C(C)N1Cc1cnc(OCC(F)(F)F)c(C)c1. The maximum absolute atomic E-state index is 12.3. The van der Waals surface area contributed by atoms with E-state index in [2.05, 4.69) is 15.3 Å². The predicted octanol–water partition coefficient (Wildman–Crippen LogP) is 2.93. The normalized spacial score (nSPS) is 17.1. The Morgan fingerprint density at radius 2 is 2.12 bits per heavy atom. The van der Waals surface area contributed by atoms with Crippen molar-refractivity contribution in [1.29, 1.82) is 0 Å². The lowest BCUT2D eigenvalue weighted by molar-refractivity contribution is -0.154. The Labute approximate surface area is 149 Å². The second kappa shape index (κ2) is 8.20. The molecule has 1 unspecified atom stereocenters. The molecule has 0 saturated heterocycles. The predicted molar refractivity (Wildman–Crippen MR) is 90.5 cm³/mol. The first-order valence-electron chi connectivity index (χ1n) is 8.10. The van der Waals surface area contributed by atoms with Crippen LogP contribution in [0.3, 0.4) is 0 Å². The Kier molecular flexibility index (Phi) is 6.23. The van der Waals surface area contributed by atoms with E-state index < -0.39 is 19.1 Å². The number of aliphatic imine (C=N–C) groups is 1. The van der Waals surface area contributed by atoms with Crippen LogP contribution < -0.4 is 10.1 Å². The summed E-state index contributed by atoms with van der Waals surface area (Å²) in [5, 5.41) is 2.81. The van der Waals surface area contributed by atoms with Crippen LogP contribution in [-0.2, 0) is 11.3 Å². The molecule has 9 heteroatoms. The van der Waals surface area contributed by atoms with E-state index in [0.29, 0.717) is 18.5 Å². The van der Waals surface area contributed by atoms with Gasteiger partial charge in [0.2, 0.25) is 11.8 Å². The van der Waals surface area contributed by atoms with Crippen LogP contribution >= 0.6 is 0 Å². The first kappa shape index (κ1) is 19.7. The lowest BCUT2D eigenvalue weighted by Crippen LogP contribution is -2.46. The van der Waals surface area contributed by atoms with Gasteiger partial charge in [-0.3, -0.25) is 4.79 Å². The highest BCUT2D eigenvalue weighted by Gasteiger charge is 2.29. The largest absolute Gasteiger partial charge is 0.468 e. The molecular formula is C17H21F3N4O2. The van der Waals surface area contributed by atoms with Crippen molar-refractivity contribution < 1.29 is 22.7 Å². The highest BCUT2D eigenvalue weighted by molar-refractivity contribution is 5.77. The van der Waals surface area contributed by atoms with Gasteiger partial charge in [0.1, 0.15) is 0 Å². The fourth-order valence-electron chi connectivity index (χ4n) is 2.38. The third-order valence-electron chi connectivity index (χ3n) is 3.71. The maximum Gasteiger partial charge on any atom is 0.422 e. The maximum atomic E-state index is 12.3. The number of aryl methyl sites for hydroxylation is 1. The Hall–Kier alpha value is -2.58. The van der Waals surface area contributed by atoms with E-state index in [0.717, 1.165) is 11.3 Å². The van der Waals surface area contributed by atoms with Crippen molar-refractivity contribution >= 4 is 12.1 Å².